The lowest BCUT2D eigenvalue weighted by Crippen LogP contribution is -2.11. The number of nitriles is 1. The summed E-state index contributed by atoms with van der Waals surface area (Å²) >= 11 is 1.50. The maximum atomic E-state index is 12.3. The Hall–Kier alpha value is -3.11. The summed E-state index contributed by atoms with van der Waals surface area (Å²) in [6, 6.07) is 16.6. The van der Waals surface area contributed by atoms with Crippen molar-refractivity contribution < 1.29 is 4.79 Å². The molecule has 0 saturated heterocycles. The Morgan fingerprint density at radius 2 is 1.92 bits per heavy atom. The van der Waals surface area contributed by atoms with Gasteiger partial charge in [-0.15, -0.1) is 10.2 Å². The van der Waals surface area contributed by atoms with Gasteiger partial charge in [-0.05, 0) is 53.7 Å². The summed E-state index contributed by atoms with van der Waals surface area (Å²) < 4.78 is 1.84. The highest BCUT2D eigenvalue weighted by molar-refractivity contribution is 7.99. The van der Waals surface area contributed by atoms with E-state index in [1.807, 2.05) is 35.9 Å². The molecule has 0 atom stereocenters. The Morgan fingerprint density at radius 3 is 2.52 bits per heavy atom. The third-order valence-electron chi connectivity index (χ3n) is 3.49. The molecule has 1 aromatic heterocycles. The topological polar surface area (TPSA) is 83.6 Å². The highest BCUT2D eigenvalue weighted by atomic mass is 32.2. The van der Waals surface area contributed by atoms with Crippen molar-refractivity contribution in [2.24, 2.45) is 7.05 Å². The van der Waals surface area contributed by atoms with Gasteiger partial charge in [0, 0.05) is 23.2 Å². The third-order valence-corrected chi connectivity index (χ3v) is 4.55. The molecular weight excluding hydrogens is 334 g/mol. The fourth-order valence-corrected chi connectivity index (χ4v) is 2.91. The van der Waals surface area contributed by atoms with Crippen molar-refractivity contribution in [3.05, 3.63) is 66.0 Å². The SMILES string of the molecule is Cn1cnnc1Sc1ccc(NC(=O)c2ccc(CC#N)cc2)cc1. The Kier molecular flexibility index (Phi) is 5.11. The number of hydrogen-bond donors (Lipinski definition) is 1. The van der Waals surface area contributed by atoms with Crippen LogP contribution in [0.1, 0.15) is 15.9 Å². The highest BCUT2D eigenvalue weighted by Crippen LogP contribution is 2.26. The number of amides is 1. The Morgan fingerprint density at radius 1 is 1.20 bits per heavy atom. The van der Waals surface area contributed by atoms with E-state index in [0.717, 1.165) is 15.6 Å². The van der Waals surface area contributed by atoms with E-state index in [9.17, 15) is 4.79 Å². The minimum atomic E-state index is -0.183. The van der Waals surface area contributed by atoms with Crippen LogP contribution >= 0.6 is 11.8 Å². The largest absolute Gasteiger partial charge is 0.322 e. The molecule has 0 saturated carbocycles. The second kappa shape index (κ2) is 7.64. The van der Waals surface area contributed by atoms with Crippen molar-refractivity contribution in [1.82, 2.24) is 14.8 Å². The third kappa shape index (κ3) is 4.25. The van der Waals surface area contributed by atoms with Crippen molar-refractivity contribution in [3.8, 4) is 6.07 Å². The molecule has 7 heteroatoms. The molecule has 0 unspecified atom stereocenters. The van der Waals surface area contributed by atoms with Gasteiger partial charge >= 0.3 is 0 Å². The maximum absolute atomic E-state index is 12.3. The van der Waals surface area contributed by atoms with Crippen LogP contribution in [0, 0.1) is 11.3 Å². The summed E-state index contributed by atoms with van der Waals surface area (Å²) in [5.41, 5.74) is 2.16. The number of carbonyl (C=O) groups excluding carboxylic acids is 1. The van der Waals surface area contributed by atoms with Crippen LogP contribution in [0.2, 0.25) is 0 Å². The molecular formula is C18H15N5OS. The molecule has 25 heavy (non-hydrogen) atoms. The van der Waals surface area contributed by atoms with Gasteiger partial charge < -0.3 is 9.88 Å². The van der Waals surface area contributed by atoms with Gasteiger partial charge in [0.2, 0.25) is 0 Å². The van der Waals surface area contributed by atoms with E-state index >= 15 is 0 Å². The minimum Gasteiger partial charge on any atom is -0.322 e. The first kappa shape index (κ1) is 16.7. The number of hydrogen-bond acceptors (Lipinski definition) is 5. The summed E-state index contributed by atoms with van der Waals surface area (Å²) in [6.07, 6.45) is 1.99. The molecule has 0 aliphatic heterocycles. The van der Waals surface area contributed by atoms with Crippen LogP contribution in [-0.2, 0) is 13.5 Å². The van der Waals surface area contributed by atoms with Crippen LogP contribution in [0.4, 0.5) is 5.69 Å². The van der Waals surface area contributed by atoms with Crippen LogP contribution in [0.25, 0.3) is 0 Å². The number of rotatable bonds is 5. The second-order valence-electron chi connectivity index (χ2n) is 5.34. The summed E-state index contributed by atoms with van der Waals surface area (Å²) in [5, 5.41) is 20.2. The number of aromatic nitrogens is 3. The van der Waals surface area contributed by atoms with Crippen LogP contribution in [-0.4, -0.2) is 20.7 Å². The highest BCUT2D eigenvalue weighted by Gasteiger charge is 2.07. The molecule has 0 radical (unpaired) electrons. The maximum Gasteiger partial charge on any atom is 0.255 e. The molecule has 2 aromatic carbocycles. The second-order valence-corrected chi connectivity index (χ2v) is 6.38. The quantitative estimate of drug-likeness (QED) is 0.764. The number of carbonyl (C=O) groups is 1. The van der Waals surface area contributed by atoms with E-state index in [0.29, 0.717) is 17.7 Å². The molecule has 0 aliphatic rings. The molecule has 6 nitrogen and oxygen atoms in total. The Labute approximate surface area is 149 Å². The minimum absolute atomic E-state index is 0.183. The van der Waals surface area contributed by atoms with Crippen molar-refractivity contribution in [2.45, 2.75) is 16.5 Å². The van der Waals surface area contributed by atoms with Gasteiger partial charge in [-0.25, -0.2) is 0 Å². The van der Waals surface area contributed by atoms with Gasteiger partial charge in [0.1, 0.15) is 6.33 Å². The summed E-state index contributed by atoms with van der Waals surface area (Å²) in [5.74, 6) is -0.183. The van der Waals surface area contributed by atoms with Gasteiger partial charge in [-0.1, -0.05) is 12.1 Å². The van der Waals surface area contributed by atoms with E-state index in [1.165, 1.54) is 11.8 Å². The molecule has 3 aromatic rings. The predicted octanol–water partition coefficient (Wildman–Crippen LogP) is 3.28. The molecule has 124 valence electrons. The summed E-state index contributed by atoms with van der Waals surface area (Å²) in [4.78, 5) is 13.3. The standard InChI is InChI=1S/C18H15N5OS/c1-23-12-20-22-18(23)25-16-8-6-15(7-9-16)21-17(24)14-4-2-13(3-5-14)10-11-19/h2-9,12H,10H2,1H3,(H,21,24). The summed E-state index contributed by atoms with van der Waals surface area (Å²) in [6.45, 7) is 0. The molecule has 0 bridgehead atoms. The molecule has 0 spiro atoms. The first-order valence-corrected chi connectivity index (χ1v) is 8.36. The zero-order valence-corrected chi connectivity index (χ0v) is 14.3. The first-order valence-electron chi connectivity index (χ1n) is 7.55. The number of nitrogens with one attached hydrogen (secondary N) is 1. The molecule has 3 rings (SSSR count). The normalized spacial score (nSPS) is 10.2. The Balaban J connectivity index is 1.63. The number of aryl methyl sites for hydroxylation is 1. The van der Waals surface area contributed by atoms with E-state index in [2.05, 4.69) is 21.6 Å². The van der Waals surface area contributed by atoms with E-state index in [4.69, 9.17) is 5.26 Å². The smallest absolute Gasteiger partial charge is 0.255 e. The fourth-order valence-electron chi connectivity index (χ4n) is 2.15. The van der Waals surface area contributed by atoms with E-state index < -0.39 is 0 Å². The summed E-state index contributed by atoms with van der Waals surface area (Å²) in [7, 11) is 1.89. The average molecular weight is 349 g/mol. The molecule has 0 aliphatic carbocycles. The number of benzene rings is 2. The average Bonchev–Trinajstić information content (AvgIpc) is 3.02. The zero-order valence-electron chi connectivity index (χ0n) is 13.5. The lowest BCUT2D eigenvalue weighted by Gasteiger charge is -2.07. The molecule has 1 N–H and O–H groups in total. The van der Waals surface area contributed by atoms with Gasteiger partial charge in [-0.2, -0.15) is 5.26 Å². The molecule has 0 fully saturated rings. The van der Waals surface area contributed by atoms with Crippen molar-refractivity contribution in [1.29, 1.82) is 5.26 Å². The zero-order chi connectivity index (χ0) is 17.6. The van der Waals surface area contributed by atoms with Crippen molar-refractivity contribution in [3.63, 3.8) is 0 Å². The monoisotopic (exact) mass is 349 g/mol. The predicted molar refractivity (Wildman–Crippen MR) is 95.3 cm³/mol. The number of nitrogens with zero attached hydrogens (tertiary/aromatic N) is 4. The van der Waals surface area contributed by atoms with Crippen LogP contribution in [0.3, 0.4) is 0 Å². The van der Waals surface area contributed by atoms with Crippen LogP contribution in [0.5, 0.6) is 0 Å². The Bertz CT molecular complexity index is 910. The van der Waals surface area contributed by atoms with Gasteiger partial charge in [0.15, 0.2) is 5.16 Å². The number of anilines is 1. The van der Waals surface area contributed by atoms with Crippen LogP contribution < -0.4 is 5.32 Å². The van der Waals surface area contributed by atoms with E-state index in [1.54, 1.807) is 30.6 Å². The van der Waals surface area contributed by atoms with Gasteiger partial charge in [0.05, 0.1) is 12.5 Å². The van der Waals surface area contributed by atoms with Gasteiger partial charge in [0.25, 0.3) is 5.91 Å². The lowest BCUT2D eigenvalue weighted by molar-refractivity contribution is 0.102. The molecule has 1 amide bonds. The lowest BCUT2D eigenvalue weighted by atomic mass is 10.1. The van der Waals surface area contributed by atoms with Gasteiger partial charge in [-0.3, -0.25) is 4.79 Å². The van der Waals surface area contributed by atoms with E-state index in [-0.39, 0.29) is 5.91 Å². The first-order chi connectivity index (χ1) is 12.2. The molecule has 1 heterocycles. The van der Waals surface area contributed by atoms with Crippen molar-refractivity contribution in [2.75, 3.05) is 5.32 Å². The fraction of sp³-hybridized carbons (Fsp3) is 0.111. The van der Waals surface area contributed by atoms with Crippen molar-refractivity contribution >= 4 is 23.4 Å². The van der Waals surface area contributed by atoms with Crippen LogP contribution in [0.15, 0.2) is 64.9 Å².